The second-order valence-electron chi connectivity index (χ2n) is 10.7. The predicted molar refractivity (Wildman–Crippen MR) is 160 cm³/mol. The van der Waals surface area contributed by atoms with E-state index in [0.29, 0.717) is 24.4 Å². The molecular formula is C33H31N3O5S. The Morgan fingerprint density at radius 3 is 2.24 bits per heavy atom. The molecule has 0 radical (unpaired) electrons. The summed E-state index contributed by atoms with van der Waals surface area (Å²) >= 11 is 1.25. The Bertz CT molecular complexity index is 1550. The molecule has 0 saturated carbocycles. The second kappa shape index (κ2) is 11.8. The number of alkyl carbamates (subject to hydrolysis) is 1. The summed E-state index contributed by atoms with van der Waals surface area (Å²) in [4.78, 5) is 41.9. The zero-order valence-electron chi connectivity index (χ0n) is 22.9. The largest absolute Gasteiger partial charge is 0.479 e. The molecule has 1 aromatic heterocycles. The van der Waals surface area contributed by atoms with Crippen LogP contribution < -0.4 is 10.6 Å². The molecule has 1 fully saturated rings. The molecule has 1 saturated heterocycles. The van der Waals surface area contributed by atoms with E-state index in [9.17, 15) is 19.5 Å². The molecule has 214 valence electrons. The minimum Gasteiger partial charge on any atom is -0.479 e. The van der Waals surface area contributed by atoms with Gasteiger partial charge in [-0.15, -0.1) is 11.3 Å². The number of thiophene rings is 1. The molecule has 8 nitrogen and oxygen atoms in total. The number of carboxylic acids is 1. The van der Waals surface area contributed by atoms with Crippen molar-refractivity contribution in [1.29, 1.82) is 0 Å². The molecule has 2 atom stereocenters. The predicted octanol–water partition coefficient (Wildman–Crippen LogP) is 5.17. The maximum Gasteiger partial charge on any atom is 0.408 e. The minimum atomic E-state index is -1.36. The van der Waals surface area contributed by atoms with Crippen LogP contribution in [0.25, 0.3) is 11.1 Å². The second-order valence-corrected chi connectivity index (χ2v) is 11.7. The fraction of sp³-hybridized carbons (Fsp3) is 0.242. The number of hydrogen-bond donors (Lipinski definition) is 3. The van der Waals surface area contributed by atoms with Gasteiger partial charge >= 0.3 is 12.1 Å². The Kier molecular flexibility index (Phi) is 7.78. The zero-order valence-corrected chi connectivity index (χ0v) is 23.7. The quantitative estimate of drug-likeness (QED) is 0.252. The summed E-state index contributed by atoms with van der Waals surface area (Å²) in [5, 5.41) is 17.2. The molecule has 1 aliphatic carbocycles. The molecule has 9 heteroatoms. The number of rotatable bonds is 9. The lowest BCUT2D eigenvalue weighted by Gasteiger charge is -2.30. The third-order valence-electron chi connectivity index (χ3n) is 8.07. The number of carboxylic acid groups (broad SMARTS) is 1. The van der Waals surface area contributed by atoms with Crippen molar-refractivity contribution in [3.63, 3.8) is 0 Å². The van der Waals surface area contributed by atoms with Gasteiger partial charge in [-0.05, 0) is 45.7 Å². The van der Waals surface area contributed by atoms with Crippen LogP contribution in [0.5, 0.6) is 0 Å². The number of ether oxygens (including phenoxy) is 1. The monoisotopic (exact) mass is 581 g/mol. The average Bonchev–Trinajstić information content (AvgIpc) is 3.74. The van der Waals surface area contributed by atoms with Gasteiger partial charge in [-0.1, -0.05) is 84.9 Å². The lowest BCUT2D eigenvalue weighted by Crippen LogP contribution is -2.61. The molecule has 0 bridgehead atoms. The lowest BCUT2D eigenvalue weighted by molar-refractivity contribution is -0.143. The van der Waals surface area contributed by atoms with Gasteiger partial charge in [-0.2, -0.15) is 0 Å². The van der Waals surface area contributed by atoms with Crippen LogP contribution in [0.1, 0.15) is 39.9 Å². The van der Waals surface area contributed by atoms with Gasteiger partial charge in [0.2, 0.25) is 5.91 Å². The zero-order chi connectivity index (χ0) is 29.1. The van der Waals surface area contributed by atoms with Crippen molar-refractivity contribution in [1.82, 2.24) is 15.5 Å². The number of hydrogen-bond acceptors (Lipinski definition) is 6. The van der Waals surface area contributed by atoms with Crippen molar-refractivity contribution in [2.75, 3.05) is 19.7 Å². The number of carbonyl (C=O) groups excluding carboxylic acids is 2. The average molecular weight is 582 g/mol. The molecule has 4 aromatic rings. The molecule has 6 rings (SSSR count). The number of nitrogens with zero attached hydrogens (tertiary/aromatic N) is 1. The number of aliphatic carboxylic acids is 1. The van der Waals surface area contributed by atoms with Crippen LogP contribution in [0, 0.1) is 0 Å². The van der Waals surface area contributed by atoms with E-state index < -0.39 is 29.6 Å². The van der Waals surface area contributed by atoms with Crippen LogP contribution in [0.3, 0.4) is 0 Å². The van der Waals surface area contributed by atoms with Crippen LogP contribution in [0.4, 0.5) is 4.79 Å². The van der Waals surface area contributed by atoms with Crippen LogP contribution in [-0.2, 0) is 20.9 Å². The van der Waals surface area contributed by atoms with Crippen LogP contribution in [0.2, 0.25) is 0 Å². The smallest absolute Gasteiger partial charge is 0.408 e. The van der Waals surface area contributed by atoms with Gasteiger partial charge in [-0.25, -0.2) is 9.59 Å². The maximum absolute atomic E-state index is 13.8. The molecule has 2 aliphatic rings. The summed E-state index contributed by atoms with van der Waals surface area (Å²) in [5.41, 5.74) is 4.15. The first kappa shape index (κ1) is 27.7. The molecule has 1 aliphatic heterocycles. The highest BCUT2D eigenvalue weighted by Gasteiger charge is 2.47. The van der Waals surface area contributed by atoms with E-state index in [0.717, 1.165) is 27.8 Å². The van der Waals surface area contributed by atoms with Crippen LogP contribution in [-0.4, -0.2) is 53.2 Å². The van der Waals surface area contributed by atoms with Gasteiger partial charge in [0.05, 0.1) is 0 Å². The minimum absolute atomic E-state index is 0.109. The standard InChI is InChI=1S/C33H31N3O5S/c37-30(38)29(28-15-8-18-42-28)34-31(39)33(16-17-36(21-33)19-22-9-2-1-3-10-22)35-32(40)41-20-27-25-13-6-4-11-23(25)24-12-5-7-14-26(24)27/h1-15,18,27,29H,16-17,19-21H2,(H,34,39)(H,35,40)(H,37,38). The van der Waals surface area contributed by atoms with Gasteiger partial charge in [0.25, 0.3) is 0 Å². The highest BCUT2D eigenvalue weighted by Crippen LogP contribution is 2.44. The molecule has 42 heavy (non-hydrogen) atoms. The maximum atomic E-state index is 13.8. The number of nitrogens with one attached hydrogen (secondary N) is 2. The summed E-state index contributed by atoms with van der Waals surface area (Å²) in [6.07, 6.45) is -0.399. The number of carbonyl (C=O) groups is 3. The molecular weight excluding hydrogens is 550 g/mol. The van der Waals surface area contributed by atoms with Crippen molar-refractivity contribution in [2.45, 2.75) is 30.5 Å². The number of fused-ring (bicyclic) bond motifs is 3. The summed E-state index contributed by atoms with van der Waals surface area (Å²) in [6.45, 7) is 1.46. The Hall–Kier alpha value is -4.47. The van der Waals surface area contributed by atoms with Gasteiger partial charge < -0.3 is 20.5 Å². The van der Waals surface area contributed by atoms with Crippen molar-refractivity contribution >= 4 is 29.3 Å². The molecule has 2 amide bonds. The normalized spacial score (nSPS) is 18.6. The number of benzene rings is 3. The molecule has 3 N–H and O–H groups in total. The molecule has 3 aromatic carbocycles. The van der Waals surface area contributed by atoms with Crippen molar-refractivity contribution < 1.29 is 24.2 Å². The summed E-state index contributed by atoms with van der Waals surface area (Å²) in [6, 6.07) is 28.2. The summed E-state index contributed by atoms with van der Waals surface area (Å²) < 4.78 is 5.79. The van der Waals surface area contributed by atoms with E-state index in [1.165, 1.54) is 11.3 Å². The fourth-order valence-electron chi connectivity index (χ4n) is 6.02. The van der Waals surface area contributed by atoms with E-state index in [-0.39, 0.29) is 19.1 Å². The highest BCUT2D eigenvalue weighted by molar-refractivity contribution is 7.10. The van der Waals surface area contributed by atoms with Crippen LogP contribution in [0.15, 0.2) is 96.4 Å². The van der Waals surface area contributed by atoms with E-state index in [2.05, 4.69) is 27.7 Å². The molecule has 2 unspecified atom stereocenters. The van der Waals surface area contributed by atoms with Gasteiger partial charge in [0, 0.05) is 30.4 Å². The van der Waals surface area contributed by atoms with Crippen molar-refractivity contribution in [3.05, 3.63) is 118 Å². The SMILES string of the molecule is O=C(NC1(C(=O)NC(C(=O)O)c2cccs2)CCN(Cc2ccccc2)C1)OCC1c2ccccc2-c2ccccc21. The summed E-state index contributed by atoms with van der Waals surface area (Å²) in [7, 11) is 0. The number of amides is 2. The number of likely N-dealkylation sites (tertiary alicyclic amines) is 1. The summed E-state index contributed by atoms with van der Waals surface area (Å²) in [5.74, 6) is -1.84. The van der Waals surface area contributed by atoms with E-state index in [1.807, 2.05) is 66.7 Å². The first-order chi connectivity index (χ1) is 20.4. The third kappa shape index (κ3) is 5.53. The Balaban J connectivity index is 1.20. The van der Waals surface area contributed by atoms with Gasteiger partial charge in [-0.3, -0.25) is 9.69 Å². The van der Waals surface area contributed by atoms with E-state index in [1.54, 1.807) is 17.5 Å². The first-order valence-electron chi connectivity index (χ1n) is 13.9. The highest BCUT2D eigenvalue weighted by atomic mass is 32.1. The Labute approximate surface area is 247 Å². The van der Waals surface area contributed by atoms with Gasteiger partial charge in [0.15, 0.2) is 6.04 Å². The molecule has 0 spiro atoms. The Morgan fingerprint density at radius 2 is 1.60 bits per heavy atom. The van der Waals surface area contributed by atoms with Crippen LogP contribution >= 0.6 is 11.3 Å². The van der Waals surface area contributed by atoms with Crippen molar-refractivity contribution in [3.8, 4) is 11.1 Å². The van der Waals surface area contributed by atoms with E-state index in [4.69, 9.17) is 4.74 Å². The lowest BCUT2D eigenvalue weighted by atomic mass is 9.96. The van der Waals surface area contributed by atoms with Crippen molar-refractivity contribution in [2.24, 2.45) is 0 Å². The fourth-order valence-corrected chi connectivity index (χ4v) is 6.79. The van der Waals surface area contributed by atoms with Gasteiger partial charge in [0.1, 0.15) is 12.1 Å². The Morgan fingerprint density at radius 1 is 0.929 bits per heavy atom. The third-order valence-corrected chi connectivity index (χ3v) is 9.00. The first-order valence-corrected chi connectivity index (χ1v) is 14.8. The topological polar surface area (TPSA) is 108 Å². The van der Waals surface area contributed by atoms with E-state index >= 15 is 0 Å². The molecule has 2 heterocycles.